The lowest BCUT2D eigenvalue weighted by Gasteiger charge is -2.12. The van der Waals surface area contributed by atoms with Crippen LogP contribution in [0.25, 0.3) is 0 Å². The fourth-order valence-corrected chi connectivity index (χ4v) is 3.00. The number of carbonyl (C=O) groups is 2. The molecule has 1 atom stereocenters. The predicted octanol–water partition coefficient (Wildman–Crippen LogP) is 2.42. The van der Waals surface area contributed by atoms with Crippen LogP contribution in [0.5, 0.6) is 0 Å². The van der Waals surface area contributed by atoms with E-state index in [0.29, 0.717) is 11.3 Å². The van der Waals surface area contributed by atoms with Gasteiger partial charge in [-0.05, 0) is 42.3 Å². The highest BCUT2D eigenvalue weighted by Gasteiger charge is 2.12. The fraction of sp³-hybridized carbons (Fsp3) is 0.263. The molecule has 148 valence electrons. The number of nitrogens with zero attached hydrogens (tertiary/aromatic N) is 1. The second-order valence-corrected chi connectivity index (χ2v) is 7.06. The quantitative estimate of drug-likeness (QED) is 0.437. The van der Waals surface area contributed by atoms with Gasteiger partial charge < -0.3 is 15.7 Å². The molecule has 3 N–H and O–H groups in total. The minimum atomic E-state index is -0.973. The van der Waals surface area contributed by atoms with Crippen LogP contribution in [-0.2, 0) is 9.59 Å². The third-order valence-corrected chi connectivity index (χ3v) is 4.68. The Morgan fingerprint density at radius 2 is 1.82 bits per heavy atom. The summed E-state index contributed by atoms with van der Waals surface area (Å²) in [6.45, 7) is 1.91. The van der Waals surface area contributed by atoms with E-state index in [1.807, 2.05) is 25.1 Å². The van der Waals surface area contributed by atoms with Crippen molar-refractivity contribution in [3.05, 3.63) is 69.8 Å². The van der Waals surface area contributed by atoms with Crippen molar-refractivity contribution in [2.75, 3.05) is 23.4 Å². The Kier molecular flexibility index (Phi) is 7.97. The van der Waals surface area contributed by atoms with Crippen LogP contribution in [-0.4, -0.2) is 39.9 Å². The van der Waals surface area contributed by atoms with Gasteiger partial charge in [-0.3, -0.25) is 19.7 Å². The van der Waals surface area contributed by atoms with Gasteiger partial charge in [-0.1, -0.05) is 12.1 Å². The number of rotatable bonds is 9. The van der Waals surface area contributed by atoms with Gasteiger partial charge in [0.1, 0.15) is 0 Å². The Balaban J connectivity index is 1.67. The van der Waals surface area contributed by atoms with Gasteiger partial charge >= 0.3 is 0 Å². The summed E-state index contributed by atoms with van der Waals surface area (Å²) in [5, 5.41) is 26.0. The molecule has 2 aromatic rings. The Labute approximate surface area is 166 Å². The van der Waals surface area contributed by atoms with Crippen molar-refractivity contribution in [1.82, 2.24) is 5.32 Å². The summed E-state index contributed by atoms with van der Waals surface area (Å²) in [5.74, 6) is -0.302. The Hall–Kier alpha value is -2.91. The number of benzene rings is 2. The van der Waals surface area contributed by atoms with Crippen LogP contribution in [0.3, 0.4) is 0 Å². The highest BCUT2D eigenvalue weighted by molar-refractivity contribution is 8.00. The summed E-state index contributed by atoms with van der Waals surface area (Å²) < 4.78 is 0. The molecule has 0 saturated heterocycles. The number of nitrogens with one attached hydrogen (secondary N) is 2. The van der Waals surface area contributed by atoms with Crippen LogP contribution >= 0.6 is 11.8 Å². The van der Waals surface area contributed by atoms with Gasteiger partial charge in [-0.25, -0.2) is 0 Å². The van der Waals surface area contributed by atoms with Crippen molar-refractivity contribution >= 4 is 35.0 Å². The average Bonchev–Trinajstić information content (AvgIpc) is 2.66. The van der Waals surface area contributed by atoms with Gasteiger partial charge in [0.2, 0.25) is 11.8 Å². The molecule has 0 aromatic heterocycles. The molecule has 0 aliphatic heterocycles. The van der Waals surface area contributed by atoms with Gasteiger partial charge in [-0.2, -0.15) is 0 Å². The molecular weight excluding hydrogens is 382 g/mol. The van der Waals surface area contributed by atoms with Crippen LogP contribution in [0, 0.1) is 17.0 Å². The summed E-state index contributed by atoms with van der Waals surface area (Å²) in [6.07, 6.45) is -0.973. The number of aryl methyl sites for hydroxylation is 1. The maximum atomic E-state index is 11.9. The van der Waals surface area contributed by atoms with Gasteiger partial charge in [-0.15, -0.1) is 11.8 Å². The number of hydrogen-bond acceptors (Lipinski definition) is 6. The number of hydrogen-bond donors (Lipinski definition) is 3. The summed E-state index contributed by atoms with van der Waals surface area (Å²) in [5.41, 5.74) is 2.15. The highest BCUT2D eigenvalue weighted by Crippen LogP contribution is 2.17. The average molecular weight is 403 g/mol. The van der Waals surface area contributed by atoms with Crippen LogP contribution < -0.4 is 10.6 Å². The van der Waals surface area contributed by atoms with Gasteiger partial charge in [0.15, 0.2) is 0 Å². The van der Waals surface area contributed by atoms with Crippen LogP contribution in [0.4, 0.5) is 11.4 Å². The zero-order chi connectivity index (χ0) is 20.5. The number of non-ortho nitro benzene ring substituents is 1. The molecule has 2 amide bonds. The van der Waals surface area contributed by atoms with Gasteiger partial charge in [0, 0.05) is 24.4 Å². The van der Waals surface area contributed by atoms with Crippen molar-refractivity contribution in [1.29, 1.82) is 0 Å². The smallest absolute Gasteiger partial charge is 0.269 e. The molecule has 0 spiro atoms. The largest absolute Gasteiger partial charge is 0.387 e. The van der Waals surface area contributed by atoms with Crippen molar-refractivity contribution in [2.45, 2.75) is 13.0 Å². The summed E-state index contributed by atoms with van der Waals surface area (Å²) >= 11 is 1.16. The maximum absolute atomic E-state index is 11.9. The third-order valence-electron chi connectivity index (χ3n) is 3.75. The fourth-order valence-electron chi connectivity index (χ4n) is 2.35. The lowest BCUT2D eigenvalue weighted by atomic mass is 10.1. The normalized spacial score (nSPS) is 11.5. The zero-order valence-electron chi connectivity index (χ0n) is 15.3. The van der Waals surface area contributed by atoms with E-state index >= 15 is 0 Å². The molecule has 0 aliphatic carbocycles. The zero-order valence-corrected chi connectivity index (χ0v) is 16.1. The molecule has 1 unspecified atom stereocenters. The standard InChI is InChI=1S/C19H21N3O5S/c1-13-3-2-4-15(9-13)21-19(25)12-28-11-18(24)20-10-17(23)14-5-7-16(8-6-14)22(26)27/h2-9,17,23H,10-12H2,1H3,(H,20,24)(H,21,25). The number of nitro benzene ring substituents is 1. The SMILES string of the molecule is Cc1cccc(NC(=O)CSCC(=O)NCC(O)c2ccc([N+](=O)[O-])cc2)c1. The van der Waals surface area contributed by atoms with Crippen molar-refractivity contribution in [2.24, 2.45) is 0 Å². The van der Waals surface area contributed by atoms with Crippen LogP contribution in [0.15, 0.2) is 48.5 Å². The lowest BCUT2D eigenvalue weighted by molar-refractivity contribution is -0.384. The van der Waals surface area contributed by atoms with Crippen LogP contribution in [0.1, 0.15) is 17.2 Å². The summed E-state index contributed by atoms with van der Waals surface area (Å²) in [4.78, 5) is 33.8. The molecule has 0 bridgehead atoms. The number of thioether (sulfide) groups is 1. The van der Waals surface area contributed by atoms with Gasteiger partial charge in [0.25, 0.3) is 5.69 Å². The van der Waals surface area contributed by atoms with Crippen molar-refractivity contribution in [3.8, 4) is 0 Å². The summed E-state index contributed by atoms with van der Waals surface area (Å²) in [6, 6.07) is 12.9. The van der Waals surface area contributed by atoms with E-state index in [2.05, 4.69) is 10.6 Å². The Bertz CT molecular complexity index is 842. The van der Waals surface area contributed by atoms with E-state index in [-0.39, 0.29) is 35.6 Å². The molecule has 0 fully saturated rings. The predicted molar refractivity (Wildman–Crippen MR) is 108 cm³/mol. The Morgan fingerprint density at radius 1 is 1.14 bits per heavy atom. The number of anilines is 1. The molecule has 0 saturated carbocycles. The molecule has 28 heavy (non-hydrogen) atoms. The minimum Gasteiger partial charge on any atom is -0.387 e. The topological polar surface area (TPSA) is 122 Å². The third kappa shape index (κ3) is 7.01. The number of aliphatic hydroxyl groups excluding tert-OH is 1. The molecule has 0 radical (unpaired) electrons. The number of nitro groups is 1. The Morgan fingerprint density at radius 3 is 2.46 bits per heavy atom. The van der Waals surface area contributed by atoms with E-state index in [1.165, 1.54) is 24.3 Å². The molecule has 0 heterocycles. The lowest BCUT2D eigenvalue weighted by Crippen LogP contribution is -2.30. The van der Waals surface area contributed by atoms with Crippen LogP contribution in [0.2, 0.25) is 0 Å². The maximum Gasteiger partial charge on any atom is 0.269 e. The first kappa shape index (κ1) is 21.4. The molecule has 2 aromatic carbocycles. The van der Waals surface area contributed by atoms with E-state index in [1.54, 1.807) is 6.07 Å². The number of amides is 2. The molecule has 0 aliphatic rings. The summed E-state index contributed by atoms with van der Waals surface area (Å²) in [7, 11) is 0. The molecule has 9 heteroatoms. The first-order valence-electron chi connectivity index (χ1n) is 8.48. The first-order valence-corrected chi connectivity index (χ1v) is 9.64. The first-order chi connectivity index (χ1) is 13.3. The van der Waals surface area contributed by atoms with Crippen molar-refractivity contribution in [3.63, 3.8) is 0 Å². The van der Waals surface area contributed by atoms with E-state index in [9.17, 15) is 24.8 Å². The highest BCUT2D eigenvalue weighted by atomic mass is 32.2. The second-order valence-electron chi connectivity index (χ2n) is 6.08. The minimum absolute atomic E-state index is 0.0211. The van der Waals surface area contributed by atoms with E-state index in [4.69, 9.17) is 0 Å². The molecule has 8 nitrogen and oxygen atoms in total. The monoisotopic (exact) mass is 403 g/mol. The molecular formula is C19H21N3O5S. The molecule has 2 rings (SSSR count). The van der Waals surface area contributed by atoms with E-state index in [0.717, 1.165) is 17.3 Å². The van der Waals surface area contributed by atoms with E-state index < -0.39 is 11.0 Å². The second kappa shape index (κ2) is 10.4. The number of carbonyl (C=O) groups excluding carboxylic acids is 2. The van der Waals surface area contributed by atoms with Crippen molar-refractivity contribution < 1.29 is 19.6 Å². The van der Waals surface area contributed by atoms with Gasteiger partial charge in [0.05, 0.1) is 22.5 Å². The number of aliphatic hydroxyl groups is 1.